The van der Waals surface area contributed by atoms with Crippen LogP contribution in [0.5, 0.6) is 0 Å². The smallest absolute Gasteiger partial charge is 0.223 e. The van der Waals surface area contributed by atoms with Gasteiger partial charge in [-0.1, -0.05) is 43.3 Å². The fraction of sp³-hybridized carbons (Fsp3) is 0.368. The Bertz CT molecular complexity index is 644. The van der Waals surface area contributed by atoms with E-state index >= 15 is 0 Å². The maximum absolute atomic E-state index is 12.6. The number of benzene rings is 1. The van der Waals surface area contributed by atoms with E-state index in [-0.39, 0.29) is 23.8 Å². The monoisotopic (exact) mass is 309 g/mol. The third kappa shape index (κ3) is 3.59. The highest BCUT2D eigenvalue weighted by Gasteiger charge is 2.34. The average molecular weight is 309 g/mol. The molecule has 1 aliphatic rings. The number of carbonyl (C=O) groups excluding carboxylic acids is 1. The van der Waals surface area contributed by atoms with Crippen LogP contribution in [-0.4, -0.2) is 34.9 Å². The Hall–Kier alpha value is -2.20. The first-order valence-corrected chi connectivity index (χ1v) is 8.13. The molecule has 23 heavy (non-hydrogen) atoms. The minimum absolute atomic E-state index is 0.00930. The van der Waals surface area contributed by atoms with Crippen LogP contribution in [0.3, 0.4) is 0 Å². The fourth-order valence-electron chi connectivity index (χ4n) is 3.26. The molecule has 0 saturated carbocycles. The Balaban J connectivity index is 1.63. The van der Waals surface area contributed by atoms with E-state index in [2.05, 4.69) is 24.0 Å². The number of nitrogens with two attached hydrogens (primary N) is 1. The second kappa shape index (κ2) is 6.92. The van der Waals surface area contributed by atoms with Crippen LogP contribution in [-0.2, 0) is 4.79 Å². The molecule has 120 valence electrons. The molecule has 4 heteroatoms. The van der Waals surface area contributed by atoms with Gasteiger partial charge in [-0.15, -0.1) is 0 Å². The lowest BCUT2D eigenvalue weighted by Gasteiger charge is -2.19. The van der Waals surface area contributed by atoms with E-state index in [0.717, 1.165) is 5.56 Å². The molecular formula is C19H23N3O. The lowest BCUT2D eigenvalue weighted by molar-refractivity contribution is -0.130. The third-order valence-corrected chi connectivity index (χ3v) is 4.68. The van der Waals surface area contributed by atoms with Crippen LogP contribution in [0.15, 0.2) is 54.9 Å². The van der Waals surface area contributed by atoms with E-state index in [1.807, 2.05) is 41.4 Å². The molecule has 1 unspecified atom stereocenters. The van der Waals surface area contributed by atoms with Crippen LogP contribution in [0.2, 0.25) is 0 Å². The summed E-state index contributed by atoms with van der Waals surface area (Å²) >= 11 is 0. The number of nitrogens with zero attached hydrogens (tertiary/aromatic N) is 2. The number of hydrogen-bond acceptors (Lipinski definition) is 3. The first kappa shape index (κ1) is 15.7. The summed E-state index contributed by atoms with van der Waals surface area (Å²) in [4.78, 5) is 18.6. The van der Waals surface area contributed by atoms with Crippen molar-refractivity contribution in [3.05, 3.63) is 66.0 Å². The van der Waals surface area contributed by atoms with Gasteiger partial charge in [0.05, 0.1) is 0 Å². The average Bonchev–Trinajstić information content (AvgIpc) is 2.98. The zero-order valence-electron chi connectivity index (χ0n) is 13.4. The molecule has 3 rings (SSSR count). The van der Waals surface area contributed by atoms with Gasteiger partial charge < -0.3 is 10.6 Å². The van der Waals surface area contributed by atoms with Crippen LogP contribution in [0, 0.1) is 0 Å². The van der Waals surface area contributed by atoms with Crippen LogP contribution in [0.4, 0.5) is 0 Å². The molecule has 1 aromatic carbocycles. The minimum Gasteiger partial charge on any atom is -0.340 e. The summed E-state index contributed by atoms with van der Waals surface area (Å²) in [5, 5.41) is 0. The normalized spacial score (nSPS) is 22.1. The molecule has 4 nitrogen and oxygen atoms in total. The summed E-state index contributed by atoms with van der Waals surface area (Å²) in [6.07, 6.45) is 4.09. The van der Waals surface area contributed by atoms with Crippen molar-refractivity contribution in [2.45, 2.75) is 31.2 Å². The Morgan fingerprint density at radius 1 is 1.26 bits per heavy atom. The second-order valence-corrected chi connectivity index (χ2v) is 6.37. The van der Waals surface area contributed by atoms with Crippen molar-refractivity contribution in [1.29, 1.82) is 0 Å². The van der Waals surface area contributed by atoms with E-state index in [1.54, 1.807) is 6.20 Å². The van der Waals surface area contributed by atoms with Crippen molar-refractivity contribution in [2.75, 3.05) is 13.1 Å². The van der Waals surface area contributed by atoms with Gasteiger partial charge >= 0.3 is 0 Å². The zero-order valence-corrected chi connectivity index (χ0v) is 13.4. The van der Waals surface area contributed by atoms with Crippen LogP contribution in [0.25, 0.3) is 0 Å². The first-order valence-electron chi connectivity index (χ1n) is 8.13. The topological polar surface area (TPSA) is 59.2 Å². The third-order valence-electron chi connectivity index (χ3n) is 4.68. The molecule has 2 heterocycles. The number of carbonyl (C=O) groups is 1. The van der Waals surface area contributed by atoms with E-state index in [4.69, 9.17) is 5.73 Å². The standard InChI is InChI=1S/C19H23N3O/c1-14(16-8-5-9-21-11-16)10-19(23)22-12-17(18(20)13-22)15-6-3-2-4-7-15/h2-9,11,14,17-18H,10,12-13,20H2,1H3/t14?,17-,18+/m0/s1. The molecule has 3 atom stereocenters. The predicted molar refractivity (Wildman–Crippen MR) is 91.0 cm³/mol. The van der Waals surface area contributed by atoms with Gasteiger partial charge in [-0.3, -0.25) is 9.78 Å². The highest BCUT2D eigenvalue weighted by atomic mass is 16.2. The van der Waals surface area contributed by atoms with Crippen molar-refractivity contribution in [3.8, 4) is 0 Å². The number of rotatable bonds is 4. The van der Waals surface area contributed by atoms with Crippen molar-refractivity contribution in [1.82, 2.24) is 9.88 Å². The van der Waals surface area contributed by atoms with Gasteiger partial charge in [0.1, 0.15) is 0 Å². The fourth-order valence-corrected chi connectivity index (χ4v) is 3.26. The van der Waals surface area contributed by atoms with Gasteiger partial charge in [-0.05, 0) is 23.1 Å². The molecule has 1 aliphatic heterocycles. The van der Waals surface area contributed by atoms with Gasteiger partial charge in [-0.2, -0.15) is 0 Å². The van der Waals surface area contributed by atoms with Crippen molar-refractivity contribution < 1.29 is 4.79 Å². The molecule has 1 amide bonds. The quantitative estimate of drug-likeness (QED) is 0.944. The van der Waals surface area contributed by atoms with Gasteiger partial charge in [-0.25, -0.2) is 0 Å². The first-order chi connectivity index (χ1) is 11.1. The summed E-state index contributed by atoms with van der Waals surface area (Å²) in [5.41, 5.74) is 8.60. The van der Waals surface area contributed by atoms with Crippen molar-refractivity contribution in [2.24, 2.45) is 5.73 Å². The lowest BCUT2D eigenvalue weighted by Crippen LogP contribution is -2.32. The molecule has 0 radical (unpaired) electrons. The minimum atomic E-state index is 0.00930. The summed E-state index contributed by atoms with van der Waals surface area (Å²) < 4.78 is 0. The Morgan fingerprint density at radius 2 is 2.04 bits per heavy atom. The maximum Gasteiger partial charge on any atom is 0.223 e. The largest absolute Gasteiger partial charge is 0.340 e. The maximum atomic E-state index is 12.6. The van der Waals surface area contributed by atoms with E-state index in [0.29, 0.717) is 19.5 Å². The van der Waals surface area contributed by atoms with Gasteiger partial charge in [0, 0.05) is 43.9 Å². The van der Waals surface area contributed by atoms with Crippen molar-refractivity contribution in [3.63, 3.8) is 0 Å². The summed E-state index contributed by atoms with van der Waals surface area (Å²) in [7, 11) is 0. The van der Waals surface area contributed by atoms with E-state index in [1.165, 1.54) is 5.56 Å². The number of hydrogen-bond donors (Lipinski definition) is 1. The molecule has 0 aliphatic carbocycles. The predicted octanol–water partition coefficient (Wildman–Crippen LogP) is 2.53. The summed E-state index contributed by atoms with van der Waals surface area (Å²) in [5.74, 6) is 0.576. The Morgan fingerprint density at radius 3 is 2.74 bits per heavy atom. The second-order valence-electron chi connectivity index (χ2n) is 6.37. The Labute approximate surface area is 137 Å². The van der Waals surface area contributed by atoms with Gasteiger partial charge in [0.2, 0.25) is 5.91 Å². The molecule has 1 fully saturated rings. The SMILES string of the molecule is CC(CC(=O)N1C[C@@H](N)[C@H](c2ccccc2)C1)c1cccnc1. The molecule has 1 aromatic heterocycles. The van der Waals surface area contributed by atoms with Gasteiger partial charge in [0.15, 0.2) is 0 Å². The van der Waals surface area contributed by atoms with Gasteiger partial charge in [0.25, 0.3) is 0 Å². The Kier molecular flexibility index (Phi) is 4.72. The molecular weight excluding hydrogens is 286 g/mol. The molecule has 2 aromatic rings. The summed E-state index contributed by atoms with van der Waals surface area (Å²) in [6, 6.07) is 14.2. The molecule has 2 N–H and O–H groups in total. The number of amides is 1. The van der Waals surface area contributed by atoms with Crippen LogP contribution < -0.4 is 5.73 Å². The number of aromatic nitrogens is 1. The number of pyridine rings is 1. The van der Waals surface area contributed by atoms with E-state index < -0.39 is 0 Å². The number of likely N-dealkylation sites (tertiary alicyclic amines) is 1. The van der Waals surface area contributed by atoms with E-state index in [9.17, 15) is 4.79 Å². The highest BCUT2D eigenvalue weighted by Crippen LogP contribution is 2.28. The summed E-state index contributed by atoms with van der Waals surface area (Å²) in [6.45, 7) is 3.42. The van der Waals surface area contributed by atoms with Crippen LogP contribution >= 0.6 is 0 Å². The molecule has 1 saturated heterocycles. The zero-order chi connectivity index (χ0) is 16.2. The van der Waals surface area contributed by atoms with Crippen molar-refractivity contribution >= 4 is 5.91 Å². The van der Waals surface area contributed by atoms with Crippen LogP contribution in [0.1, 0.15) is 36.3 Å². The highest BCUT2D eigenvalue weighted by molar-refractivity contribution is 5.77. The molecule has 0 bridgehead atoms. The lowest BCUT2D eigenvalue weighted by atomic mass is 9.95. The molecule has 0 spiro atoms.